The van der Waals surface area contributed by atoms with Crippen LogP contribution in [0.25, 0.3) is 16.8 Å². The smallest absolute Gasteiger partial charge is 0.382 e. The molecule has 1 aliphatic heterocycles. The lowest BCUT2D eigenvalue weighted by Gasteiger charge is -2.31. The van der Waals surface area contributed by atoms with Crippen LogP contribution in [0.4, 0.5) is 24.8 Å². The van der Waals surface area contributed by atoms with Crippen LogP contribution in [0, 0.1) is 0 Å². The van der Waals surface area contributed by atoms with E-state index in [0.29, 0.717) is 35.6 Å². The first kappa shape index (κ1) is 27.3. The van der Waals surface area contributed by atoms with Gasteiger partial charge in [-0.1, -0.05) is 12.1 Å². The molecule has 4 aromatic heterocycles. The summed E-state index contributed by atoms with van der Waals surface area (Å²) >= 11 is 0.984. The molecule has 5 aromatic rings. The van der Waals surface area contributed by atoms with E-state index in [1.807, 2.05) is 4.40 Å². The normalized spacial score (nSPS) is 15.6. The van der Waals surface area contributed by atoms with E-state index in [1.54, 1.807) is 41.6 Å². The monoisotopic (exact) mass is 593 g/mol. The minimum absolute atomic E-state index is 0.0812. The Hall–Kier alpha value is -4.92. The molecule has 1 aliphatic rings. The summed E-state index contributed by atoms with van der Waals surface area (Å²) in [5.74, 6) is -0.102. The average Bonchev–Trinajstić information content (AvgIpc) is 3.66. The Labute approximate surface area is 240 Å². The molecule has 5 heterocycles. The van der Waals surface area contributed by atoms with Gasteiger partial charge in [-0.05, 0) is 37.1 Å². The van der Waals surface area contributed by atoms with E-state index < -0.39 is 17.6 Å². The number of alkyl halides is 3. The summed E-state index contributed by atoms with van der Waals surface area (Å²) < 4.78 is 48.9. The number of aromatic nitrogens is 6. The molecule has 1 saturated heterocycles. The highest BCUT2D eigenvalue weighted by molar-refractivity contribution is 6.99. The summed E-state index contributed by atoms with van der Waals surface area (Å²) in [7, 11) is 0. The van der Waals surface area contributed by atoms with Crippen molar-refractivity contribution in [3.63, 3.8) is 0 Å². The van der Waals surface area contributed by atoms with Crippen molar-refractivity contribution in [1.29, 1.82) is 0 Å². The highest BCUT2D eigenvalue weighted by atomic mass is 32.1. The number of benzene rings is 1. The zero-order valence-corrected chi connectivity index (χ0v) is 22.6. The van der Waals surface area contributed by atoms with Crippen LogP contribution >= 0.6 is 11.7 Å². The number of pyridine rings is 1. The van der Waals surface area contributed by atoms with Gasteiger partial charge in [-0.15, -0.1) is 0 Å². The molecular formula is C27H22F3N9O2S. The van der Waals surface area contributed by atoms with E-state index in [1.165, 1.54) is 6.20 Å². The fourth-order valence-electron chi connectivity index (χ4n) is 5.01. The number of piperidine rings is 1. The lowest BCUT2D eigenvalue weighted by Crippen LogP contribution is -2.39. The van der Waals surface area contributed by atoms with Gasteiger partial charge < -0.3 is 16.0 Å². The molecule has 3 N–H and O–H groups in total. The number of hydrogen-bond donors (Lipinski definition) is 2. The van der Waals surface area contributed by atoms with Crippen LogP contribution in [0.2, 0.25) is 0 Å². The molecule has 1 atom stereocenters. The number of hydrogen-bond acceptors (Lipinski definition) is 9. The number of anilines is 2. The Kier molecular flexibility index (Phi) is 7.02. The molecule has 1 aromatic carbocycles. The van der Waals surface area contributed by atoms with E-state index in [0.717, 1.165) is 48.7 Å². The number of fused-ring (bicyclic) bond motifs is 1. The summed E-state index contributed by atoms with van der Waals surface area (Å²) in [5, 5.41) is 2.40. The minimum Gasteiger partial charge on any atom is -0.382 e. The van der Waals surface area contributed by atoms with Gasteiger partial charge in [0.05, 0.1) is 23.5 Å². The third-order valence-corrected chi connectivity index (χ3v) is 7.49. The Balaban J connectivity index is 1.27. The minimum atomic E-state index is -4.56. The molecule has 214 valence electrons. The molecule has 0 unspecified atom stereocenters. The van der Waals surface area contributed by atoms with Crippen molar-refractivity contribution in [2.45, 2.75) is 24.9 Å². The summed E-state index contributed by atoms with van der Waals surface area (Å²) in [6.07, 6.45) is 2.83. The van der Waals surface area contributed by atoms with Gasteiger partial charge in [0.1, 0.15) is 28.7 Å². The number of carbonyl (C=O) groups excluding carboxylic acids is 2. The molecule has 6 rings (SSSR count). The van der Waals surface area contributed by atoms with Crippen molar-refractivity contribution in [2.24, 2.45) is 0 Å². The second kappa shape index (κ2) is 10.8. The Morgan fingerprint density at radius 2 is 1.90 bits per heavy atom. The molecule has 0 radical (unpaired) electrons. The molecule has 0 saturated carbocycles. The fourth-order valence-corrected chi connectivity index (χ4v) is 5.42. The summed E-state index contributed by atoms with van der Waals surface area (Å²) in [6.45, 7) is 1.05. The van der Waals surface area contributed by atoms with E-state index >= 15 is 0 Å². The Bertz CT molecular complexity index is 1770. The van der Waals surface area contributed by atoms with Gasteiger partial charge in [-0.3, -0.25) is 14.0 Å². The van der Waals surface area contributed by atoms with Crippen LogP contribution in [0.1, 0.15) is 51.0 Å². The van der Waals surface area contributed by atoms with E-state index in [4.69, 9.17) is 10.7 Å². The first-order chi connectivity index (χ1) is 20.2. The van der Waals surface area contributed by atoms with Crippen molar-refractivity contribution < 1.29 is 22.8 Å². The zero-order chi connectivity index (χ0) is 29.4. The molecule has 42 heavy (non-hydrogen) atoms. The Morgan fingerprint density at radius 3 is 2.64 bits per heavy atom. The molecule has 1 fully saturated rings. The number of amides is 2. The van der Waals surface area contributed by atoms with E-state index in [2.05, 4.69) is 24.0 Å². The van der Waals surface area contributed by atoms with Crippen LogP contribution < -0.4 is 11.1 Å². The molecule has 11 nitrogen and oxygen atoms in total. The maximum atomic E-state index is 13.0. The van der Waals surface area contributed by atoms with Gasteiger partial charge in [0.15, 0.2) is 5.69 Å². The number of imidazole rings is 1. The third-order valence-electron chi connectivity index (χ3n) is 7.01. The van der Waals surface area contributed by atoms with Crippen molar-refractivity contribution in [3.8, 4) is 11.3 Å². The van der Waals surface area contributed by atoms with Crippen molar-refractivity contribution >= 4 is 40.7 Å². The molecule has 2 amide bonds. The standard InChI is InChI=1S/C27H22F3N9O2S/c28-27(29,30)18-7-8-32-20(12-18)35-25(40)16-5-3-15(4-6-16)21-22-23(31)33-9-11-39(22)24(36-21)17-2-1-10-38(14-17)26(41)19-13-34-42-37-19/h3-9,11-13,17H,1-2,10,14H2,(H2,31,33)(H,32,35,40)/t17-/m1/s1. The van der Waals surface area contributed by atoms with Gasteiger partial charge in [0.25, 0.3) is 11.8 Å². The largest absolute Gasteiger partial charge is 0.416 e. The molecule has 15 heteroatoms. The highest BCUT2D eigenvalue weighted by Gasteiger charge is 2.32. The van der Waals surface area contributed by atoms with E-state index in [-0.39, 0.29) is 29.0 Å². The number of nitrogens with zero attached hydrogens (tertiary/aromatic N) is 7. The van der Waals surface area contributed by atoms with Crippen LogP contribution in [-0.2, 0) is 6.18 Å². The Morgan fingerprint density at radius 1 is 1.10 bits per heavy atom. The number of likely N-dealkylation sites (tertiary alicyclic amines) is 1. The number of nitrogens with one attached hydrogen (secondary N) is 1. The van der Waals surface area contributed by atoms with E-state index in [9.17, 15) is 22.8 Å². The lowest BCUT2D eigenvalue weighted by atomic mass is 9.97. The van der Waals surface area contributed by atoms with Crippen molar-refractivity contribution in [3.05, 3.63) is 83.8 Å². The number of nitrogens with two attached hydrogens (primary N) is 1. The molecular weight excluding hydrogens is 571 g/mol. The van der Waals surface area contributed by atoms with Crippen LogP contribution in [0.3, 0.4) is 0 Å². The second-order valence-corrected chi connectivity index (χ2v) is 10.2. The SMILES string of the molecule is Nc1nccn2c([C@@H]3CCCN(C(=O)c4cnsn4)C3)nc(-c3ccc(C(=O)Nc4cc(C(F)(F)F)ccn4)cc3)c12. The quantitative estimate of drug-likeness (QED) is 0.303. The predicted octanol–water partition coefficient (Wildman–Crippen LogP) is 4.52. The topological polar surface area (TPSA) is 144 Å². The lowest BCUT2D eigenvalue weighted by molar-refractivity contribution is -0.137. The highest BCUT2D eigenvalue weighted by Crippen LogP contribution is 2.34. The van der Waals surface area contributed by atoms with Gasteiger partial charge in [0, 0.05) is 48.7 Å². The van der Waals surface area contributed by atoms with Gasteiger partial charge in [0.2, 0.25) is 0 Å². The first-order valence-electron chi connectivity index (χ1n) is 12.8. The van der Waals surface area contributed by atoms with Crippen LogP contribution in [0.5, 0.6) is 0 Å². The van der Waals surface area contributed by atoms with Gasteiger partial charge in [-0.25, -0.2) is 15.0 Å². The third kappa shape index (κ3) is 5.25. The summed E-state index contributed by atoms with van der Waals surface area (Å²) in [4.78, 5) is 40.4. The summed E-state index contributed by atoms with van der Waals surface area (Å²) in [6, 6.07) is 8.04. The number of halogens is 3. The predicted molar refractivity (Wildman–Crippen MR) is 148 cm³/mol. The first-order valence-corrected chi connectivity index (χ1v) is 13.6. The second-order valence-electron chi connectivity index (χ2n) is 9.69. The van der Waals surface area contributed by atoms with Gasteiger partial charge in [-0.2, -0.15) is 21.9 Å². The number of rotatable bonds is 5. The molecule has 0 bridgehead atoms. The zero-order valence-electron chi connectivity index (χ0n) is 21.7. The molecule has 0 aliphatic carbocycles. The summed E-state index contributed by atoms with van der Waals surface area (Å²) in [5.41, 5.74) is 7.69. The van der Waals surface area contributed by atoms with Crippen molar-refractivity contribution in [2.75, 3.05) is 24.1 Å². The van der Waals surface area contributed by atoms with Gasteiger partial charge >= 0.3 is 6.18 Å². The number of carbonyl (C=O) groups is 2. The van der Waals surface area contributed by atoms with Crippen LogP contribution in [0.15, 0.2) is 61.2 Å². The fraction of sp³-hybridized carbons (Fsp3) is 0.222. The maximum Gasteiger partial charge on any atom is 0.416 e. The molecule has 0 spiro atoms. The maximum absolute atomic E-state index is 13.0. The average molecular weight is 594 g/mol. The van der Waals surface area contributed by atoms with Crippen molar-refractivity contribution in [1.82, 2.24) is 33.0 Å². The number of nitrogen functional groups attached to an aromatic ring is 1. The van der Waals surface area contributed by atoms with Crippen LogP contribution in [-0.4, -0.2) is 57.9 Å².